The molecule has 0 aromatic heterocycles. The number of amides is 2. The normalized spacial score (nSPS) is 10.5. The maximum Gasteiger partial charge on any atom is 0.252 e. The van der Waals surface area contributed by atoms with E-state index in [1.165, 1.54) is 0 Å². The molecule has 28 heavy (non-hydrogen) atoms. The number of nitrogens with one attached hydrogen (secondary N) is 2. The molecule has 0 radical (unpaired) electrons. The van der Waals surface area contributed by atoms with Gasteiger partial charge in [-0.1, -0.05) is 84.4 Å². The molecular weight excluding hydrogens is 372 g/mol. The Morgan fingerprint density at radius 1 is 0.786 bits per heavy atom. The summed E-state index contributed by atoms with van der Waals surface area (Å²) >= 11 is 6.02. The fourth-order valence-corrected chi connectivity index (χ4v) is 3.13. The van der Waals surface area contributed by atoms with Crippen LogP contribution in [0.25, 0.3) is 0 Å². The monoisotopic (exact) mass is 392 g/mol. The van der Waals surface area contributed by atoms with E-state index in [2.05, 4.69) is 10.6 Å². The van der Waals surface area contributed by atoms with Gasteiger partial charge < -0.3 is 10.6 Å². The summed E-state index contributed by atoms with van der Waals surface area (Å²) in [6, 6.07) is 26.2. The van der Waals surface area contributed by atoms with Gasteiger partial charge >= 0.3 is 0 Å². The maximum atomic E-state index is 12.5. The summed E-state index contributed by atoms with van der Waals surface area (Å²) in [4.78, 5) is 24.7. The molecule has 142 valence electrons. The van der Waals surface area contributed by atoms with Crippen LogP contribution in [-0.4, -0.2) is 18.4 Å². The van der Waals surface area contributed by atoms with Gasteiger partial charge in [0.25, 0.3) is 5.91 Å². The molecule has 3 aromatic carbocycles. The van der Waals surface area contributed by atoms with E-state index in [9.17, 15) is 9.59 Å². The van der Waals surface area contributed by atoms with Crippen LogP contribution in [0.1, 0.15) is 33.9 Å². The zero-order valence-electron chi connectivity index (χ0n) is 15.3. The lowest BCUT2D eigenvalue weighted by Crippen LogP contribution is -2.33. The third-order valence-corrected chi connectivity index (χ3v) is 4.66. The van der Waals surface area contributed by atoms with E-state index < -0.39 is 0 Å². The van der Waals surface area contributed by atoms with Crippen LogP contribution < -0.4 is 10.6 Å². The Kier molecular flexibility index (Phi) is 6.82. The third kappa shape index (κ3) is 5.21. The zero-order valence-corrected chi connectivity index (χ0v) is 16.0. The van der Waals surface area contributed by atoms with Crippen LogP contribution in [0.5, 0.6) is 0 Å². The second kappa shape index (κ2) is 9.72. The number of carbonyl (C=O) groups excluding carboxylic acids is 2. The van der Waals surface area contributed by atoms with Gasteiger partial charge in [0.2, 0.25) is 5.91 Å². The summed E-state index contributed by atoms with van der Waals surface area (Å²) in [5.74, 6) is -0.432. The van der Waals surface area contributed by atoms with Gasteiger partial charge in [0.15, 0.2) is 0 Å². The van der Waals surface area contributed by atoms with Crippen molar-refractivity contribution in [1.82, 2.24) is 10.6 Å². The molecule has 2 amide bonds. The van der Waals surface area contributed by atoms with Crippen LogP contribution in [0.15, 0.2) is 84.9 Å². The topological polar surface area (TPSA) is 58.2 Å². The molecule has 2 N–H and O–H groups in total. The molecule has 3 rings (SSSR count). The van der Waals surface area contributed by atoms with E-state index in [0.717, 1.165) is 11.1 Å². The number of hydrogen-bond donors (Lipinski definition) is 2. The molecule has 0 aliphatic carbocycles. The number of benzene rings is 3. The Bertz CT molecular complexity index is 890. The standard InChI is InChI=1S/C23H21ClN2O2/c24-20-14-8-7-13-19(20)23(28)25-16-15-21(27)26-22(17-9-3-1-4-10-17)18-11-5-2-6-12-18/h1-14,22H,15-16H2,(H,25,28)(H,26,27). The molecule has 0 spiro atoms. The van der Waals surface area contributed by atoms with E-state index in [0.29, 0.717) is 10.6 Å². The third-order valence-electron chi connectivity index (χ3n) is 4.33. The minimum atomic E-state index is -0.291. The molecule has 3 aromatic rings. The molecule has 4 nitrogen and oxygen atoms in total. The van der Waals surface area contributed by atoms with Gasteiger partial charge in [0.05, 0.1) is 16.6 Å². The fourth-order valence-electron chi connectivity index (χ4n) is 2.91. The summed E-state index contributed by atoms with van der Waals surface area (Å²) in [5, 5.41) is 6.18. The van der Waals surface area contributed by atoms with Crippen molar-refractivity contribution in [3.63, 3.8) is 0 Å². The van der Waals surface area contributed by atoms with Crippen LogP contribution in [0.4, 0.5) is 0 Å². The minimum Gasteiger partial charge on any atom is -0.351 e. The average molecular weight is 393 g/mol. The lowest BCUT2D eigenvalue weighted by atomic mass is 9.98. The lowest BCUT2D eigenvalue weighted by Gasteiger charge is -2.20. The summed E-state index contributed by atoms with van der Waals surface area (Å²) in [6.07, 6.45) is 0.173. The molecule has 0 heterocycles. The van der Waals surface area contributed by atoms with Crippen LogP contribution in [0, 0.1) is 0 Å². The van der Waals surface area contributed by atoms with Crippen molar-refractivity contribution in [1.29, 1.82) is 0 Å². The molecule has 0 saturated heterocycles. The molecule has 0 aliphatic rings. The van der Waals surface area contributed by atoms with Crippen LogP contribution >= 0.6 is 11.6 Å². The molecular formula is C23H21ClN2O2. The number of rotatable bonds is 7. The van der Waals surface area contributed by atoms with E-state index >= 15 is 0 Å². The Morgan fingerprint density at radius 2 is 1.32 bits per heavy atom. The van der Waals surface area contributed by atoms with E-state index in [1.807, 2.05) is 60.7 Å². The predicted molar refractivity (Wildman–Crippen MR) is 111 cm³/mol. The van der Waals surface area contributed by atoms with Crippen LogP contribution in [0.2, 0.25) is 5.02 Å². The Balaban J connectivity index is 1.60. The van der Waals surface area contributed by atoms with Gasteiger partial charge in [-0.15, -0.1) is 0 Å². The van der Waals surface area contributed by atoms with E-state index in [1.54, 1.807) is 24.3 Å². The summed E-state index contributed by atoms with van der Waals surface area (Å²) in [5.41, 5.74) is 2.40. The molecule has 0 aliphatic heterocycles. The Hall–Kier alpha value is -3.11. The first-order valence-electron chi connectivity index (χ1n) is 9.07. The Labute approximate surface area is 169 Å². The second-order valence-electron chi connectivity index (χ2n) is 6.31. The molecule has 0 saturated carbocycles. The summed E-state index contributed by atoms with van der Waals surface area (Å²) < 4.78 is 0. The first-order valence-corrected chi connectivity index (χ1v) is 9.45. The van der Waals surface area contributed by atoms with Crippen molar-refractivity contribution in [2.45, 2.75) is 12.5 Å². The number of halogens is 1. The average Bonchev–Trinajstić information content (AvgIpc) is 2.73. The van der Waals surface area contributed by atoms with Crippen molar-refractivity contribution in [2.24, 2.45) is 0 Å². The summed E-state index contributed by atoms with van der Waals surface area (Å²) in [7, 11) is 0. The highest BCUT2D eigenvalue weighted by Gasteiger charge is 2.17. The van der Waals surface area contributed by atoms with Crippen molar-refractivity contribution in [3.8, 4) is 0 Å². The second-order valence-corrected chi connectivity index (χ2v) is 6.71. The highest BCUT2D eigenvalue weighted by Crippen LogP contribution is 2.21. The van der Waals surface area contributed by atoms with Crippen LogP contribution in [0.3, 0.4) is 0 Å². The first-order chi connectivity index (χ1) is 13.6. The molecule has 0 atom stereocenters. The first kappa shape index (κ1) is 19.6. The van der Waals surface area contributed by atoms with Crippen molar-refractivity contribution < 1.29 is 9.59 Å². The predicted octanol–water partition coefficient (Wildman–Crippen LogP) is 4.37. The largest absolute Gasteiger partial charge is 0.351 e. The lowest BCUT2D eigenvalue weighted by molar-refractivity contribution is -0.121. The number of carbonyl (C=O) groups is 2. The van der Waals surface area contributed by atoms with Gasteiger partial charge in [-0.25, -0.2) is 0 Å². The zero-order chi connectivity index (χ0) is 19.8. The number of hydrogen-bond acceptors (Lipinski definition) is 2. The molecule has 0 bridgehead atoms. The van der Waals surface area contributed by atoms with Gasteiger partial charge in [-0.2, -0.15) is 0 Å². The van der Waals surface area contributed by atoms with E-state index in [4.69, 9.17) is 11.6 Å². The maximum absolute atomic E-state index is 12.5. The quantitative estimate of drug-likeness (QED) is 0.627. The van der Waals surface area contributed by atoms with Gasteiger partial charge in [0.1, 0.15) is 0 Å². The van der Waals surface area contributed by atoms with Gasteiger partial charge in [-0.3, -0.25) is 9.59 Å². The van der Waals surface area contributed by atoms with Crippen molar-refractivity contribution >= 4 is 23.4 Å². The van der Waals surface area contributed by atoms with Crippen molar-refractivity contribution in [3.05, 3.63) is 107 Å². The molecule has 0 unspecified atom stereocenters. The fraction of sp³-hybridized carbons (Fsp3) is 0.130. The van der Waals surface area contributed by atoms with Gasteiger partial charge in [0, 0.05) is 13.0 Å². The van der Waals surface area contributed by atoms with Crippen molar-refractivity contribution in [2.75, 3.05) is 6.54 Å². The highest BCUT2D eigenvalue weighted by atomic mass is 35.5. The van der Waals surface area contributed by atoms with Crippen LogP contribution in [-0.2, 0) is 4.79 Å². The van der Waals surface area contributed by atoms with E-state index in [-0.39, 0.29) is 30.8 Å². The highest BCUT2D eigenvalue weighted by molar-refractivity contribution is 6.33. The smallest absolute Gasteiger partial charge is 0.252 e. The SMILES string of the molecule is O=C(CCNC(=O)c1ccccc1Cl)NC(c1ccccc1)c1ccccc1. The minimum absolute atomic E-state index is 0.142. The molecule has 0 fully saturated rings. The summed E-state index contributed by atoms with van der Waals surface area (Å²) in [6.45, 7) is 0.228. The molecule has 5 heteroatoms. The van der Waals surface area contributed by atoms with Gasteiger partial charge in [-0.05, 0) is 23.3 Å². The Morgan fingerprint density at radius 3 is 1.89 bits per heavy atom.